The third-order valence-corrected chi connectivity index (χ3v) is 2.69. The maximum absolute atomic E-state index is 4.20. The molecule has 0 saturated heterocycles. The van der Waals surface area contributed by atoms with Crippen molar-refractivity contribution in [2.45, 2.75) is 19.5 Å². The average molecular weight is 233 g/mol. The molecule has 2 N–H and O–H groups in total. The number of aromatic amines is 1. The monoisotopic (exact) mass is 233 g/mol. The second-order valence-electron chi connectivity index (χ2n) is 4.62. The molecule has 0 aliphatic rings. The fourth-order valence-electron chi connectivity index (χ4n) is 1.95. The number of hydrogen-bond acceptors (Lipinski definition) is 4. The highest BCUT2D eigenvalue weighted by molar-refractivity contribution is 5.73. The van der Waals surface area contributed by atoms with Crippen LogP contribution in [0, 0.1) is 0 Å². The molecule has 17 heavy (non-hydrogen) atoms. The number of fused-ring (bicyclic) bond motifs is 1. The summed E-state index contributed by atoms with van der Waals surface area (Å²) in [5.41, 5.74) is 3.01. The second-order valence-corrected chi connectivity index (χ2v) is 4.62. The van der Waals surface area contributed by atoms with Gasteiger partial charge < -0.3 is 15.2 Å². The van der Waals surface area contributed by atoms with Gasteiger partial charge in [0.25, 0.3) is 0 Å². The predicted octanol–water partition coefficient (Wildman–Crippen LogP) is 0.998. The van der Waals surface area contributed by atoms with Gasteiger partial charge in [-0.05, 0) is 32.6 Å². The van der Waals surface area contributed by atoms with E-state index < -0.39 is 0 Å². The van der Waals surface area contributed by atoms with Gasteiger partial charge in [0.05, 0.1) is 11.8 Å². The number of likely N-dealkylation sites (N-methyl/N-ethyl adjacent to an activating group) is 1. The van der Waals surface area contributed by atoms with E-state index >= 15 is 0 Å². The largest absolute Gasteiger partial charge is 0.343 e. The summed E-state index contributed by atoms with van der Waals surface area (Å²) in [6.45, 7) is 4.04. The summed E-state index contributed by atoms with van der Waals surface area (Å²) < 4.78 is 0. The minimum absolute atomic E-state index is 0.455. The van der Waals surface area contributed by atoms with Crippen LogP contribution in [0.25, 0.3) is 11.2 Å². The van der Waals surface area contributed by atoms with Crippen molar-refractivity contribution in [1.82, 2.24) is 25.2 Å². The molecule has 0 aliphatic carbocycles. The summed E-state index contributed by atoms with van der Waals surface area (Å²) in [6, 6.07) is 2.48. The standard InChI is InChI=1S/C12H19N5/c1-9(7-17(2)3)14-6-10-4-5-13-12-11(10)15-8-16-12/h4-5,8-9,14H,6-7H2,1-3H3,(H,13,15,16). The van der Waals surface area contributed by atoms with Crippen molar-refractivity contribution in [3.8, 4) is 0 Å². The Kier molecular flexibility index (Phi) is 3.71. The Morgan fingerprint density at radius 3 is 3.00 bits per heavy atom. The topological polar surface area (TPSA) is 56.8 Å². The second kappa shape index (κ2) is 5.25. The number of hydrogen-bond donors (Lipinski definition) is 2. The highest BCUT2D eigenvalue weighted by atomic mass is 15.1. The van der Waals surface area contributed by atoms with Crippen molar-refractivity contribution in [3.63, 3.8) is 0 Å². The number of imidazole rings is 1. The molecule has 0 fully saturated rings. The summed E-state index contributed by atoms with van der Waals surface area (Å²) in [6.07, 6.45) is 3.49. The van der Waals surface area contributed by atoms with Gasteiger partial charge in [-0.3, -0.25) is 0 Å². The molecule has 2 rings (SSSR count). The number of pyridine rings is 1. The van der Waals surface area contributed by atoms with Gasteiger partial charge in [-0.15, -0.1) is 0 Å². The molecule has 2 aromatic heterocycles. The average Bonchev–Trinajstić information content (AvgIpc) is 2.73. The number of H-pyrrole nitrogens is 1. The van der Waals surface area contributed by atoms with Crippen molar-refractivity contribution >= 4 is 11.2 Å². The zero-order valence-electron chi connectivity index (χ0n) is 10.6. The van der Waals surface area contributed by atoms with Crippen LogP contribution in [-0.4, -0.2) is 46.5 Å². The van der Waals surface area contributed by atoms with Gasteiger partial charge in [0, 0.05) is 25.3 Å². The Hall–Kier alpha value is -1.46. The molecule has 1 unspecified atom stereocenters. The van der Waals surface area contributed by atoms with Crippen LogP contribution in [0.1, 0.15) is 12.5 Å². The summed E-state index contributed by atoms with van der Waals surface area (Å²) in [4.78, 5) is 13.7. The fourth-order valence-corrected chi connectivity index (χ4v) is 1.95. The van der Waals surface area contributed by atoms with E-state index in [-0.39, 0.29) is 0 Å². The molecule has 0 aromatic carbocycles. The Labute approximate surface area is 101 Å². The van der Waals surface area contributed by atoms with E-state index in [4.69, 9.17) is 0 Å². The third kappa shape index (κ3) is 3.01. The number of aromatic nitrogens is 3. The highest BCUT2D eigenvalue weighted by Crippen LogP contribution is 2.11. The van der Waals surface area contributed by atoms with E-state index in [1.54, 1.807) is 12.5 Å². The SMILES string of the molecule is CC(CN(C)C)NCc1ccnc2nc[nH]c12. The van der Waals surface area contributed by atoms with Gasteiger partial charge in [0.15, 0.2) is 5.65 Å². The molecule has 0 spiro atoms. The molecule has 92 valence electrons. The van der Waals surface area contributed by atoms with Crippen molar-refractivity contribution in [2.75, 3.05) is 20.6 Å². The normalized spacial score (nSPS) is 13.4. The predicted molar refractivity (Wildman–Crippen MR) is 68.7 cm³/mol. The Morgan fingerprint density at radius 1 is 1.41 bits per heavy atom. The Morgan fingerprint density at radius 2 is 2.24 bits per heavy atom. The van der Waals surface area contributed by atoms with E-state index in [2.05, 4.69) is 46.2 Å². The van der Waals surface area contributed by atoms with Crippen LogP contribution in [0.15, 0.2) is 18.6 Å². The van der Waals surface area contributed by atoms with Gasteiger partial charge in [-0.25, -0.2) is 9.97 Å². The van der Waals surface area contributed by atoms with E-state index in [1.165, 1.54) is 5.56 Å². The van der Waals surface area contributed by atoms with Crippen molar-refractivity contribution in [3.05, 3.63) is 24.2 Å². The lowest BCUT2D eigenvalue weighted by Gasteiger charge is -2.18. The van der Waals surface area contributed by atoms with E-state index in [9.17, 15) is 0 Å². The molecule has 5 nitrogen and oxygen atoms in total. The van der Waals surface area contributed by atoms with Gasteiger partial charge in [0.1, 0.15) is 0 Å². The maximum atomic E-state index is 4.20. The third-order valence-electron chi connectivity index (χ3n) is 2.69. The highest BCUT2D eigenvalue weighted by Gasteiger charge is 2.06. The zero-order valence-corrected chi connectivity index (χ0v) is 10.6. The first kappa shape index (κ1) is 12.0. The van der Waals surface area contributed by atoms with Gasteiger partial charge in [-0.2, -0.15) is 0 Å². The smallest absolute Gasteiger partial charge is 0.177 e. The number of nitrogens with zero attached hydrogens (tertiary/aromatic N) is 3. The number of rotatable bonds is 5. The van der Waals surface area contributed by atoms with Crippen LogP contribution >= 0.6 is 0 Å². The molecule has 1 atom stereocenters. The zero-order chi connectivity index (χ0) is 12.3. The molecular weight excluding hydrogens is 214 g/mol. The van der Waals surface area contributed by atoms with Gasteiger partial charge in [0.2, 0.25) is 0 Å². The van der Waals surface area contributed by atoms with Gasteiger partial charge in [-0.1, -0.05) is 0 Å². The number of nitrogens with one attached hydrogen (secondary N) is 2. The lowest BCUT2D eigenvalue weighted by atomic mass is 10.2. The van der Waals surface area contributed by atoms with Crippen LogP contribution in [0.5, 0.6) is 0 Å². The molecule has 0 saturated carbocycles. The van der Waals surface area contributed by atoms with E-state index in [0.717, 1.165) is 24.3 Å². The minimum Gasteiger partial charge on any atom is -0.343 e. The minimum atomic E-state index is 0.455. The lowest BCUT2D eigenvalue weighted by Crippen LogP contribution is -2.35. The van der Waals surface area contributed by atoms with E-state index in [0.29, 0.717) is 6.04 Å². The van der Waals surface area contributed by atoms with Crippen molar-refractivity contribution < 1.29 is 0 Å². The van der Waals surface area contributed by atoms with Crippen LogP contribution in [0.4, 0.5) is 0 Å². The Bertz CT molecular complexity index is 476. The quantitative estimate of drug-likeness (QED) is 0.809. The van der Waals surface area contributed by atoms with Crippen LogP contribution in [0.3, 0.4) is 0 Å². The summed E-state index contributed by atoms with van der Waals surface area (Å²) in [5.74, 6) is 0. The molecule has 0 bridgehead atoms. The molecule has 0 radical (unpaired) electrons. The van der Waals surface area contributed by atoms with Crippen LogP contribution in [-0.2, 0) is 6.54 Å². The Balaban J connectivity index is 2.01. The molecule has 2 aromatic rings. The molecule has 0 amide bonds. The fraction of sp³-hybridized carbons (Fsp3) is 0.500. The first-order valence-electron chi connectivity index (χ1n) is 5.82. The first-order chi connectivity index (χ1) is 8.16. The summed E-state index contributed by atoms with van der Waals surface area (Å²) >= 11 is 0. The van der Waals surface area contributed by atoms with Crippen LogP contribution < -0.4 is 5.32 Å². The molecule has 5 heteroatoms. The maximum Gasteiger partial charge on any atom is 0.177 e. The molecule has 0 aliphatic heterocycles. The summed E-state index contributed by atoms with van der Waals surface area (Å²) in [7, 11) is 4.16. The molecule has 2 heterocycles. The van der Waals surface area contributed by atoms with Crippen molar-refractivity contribution in [1.29, 1.82) is 0 Å². The lowest BCUT2D eigenvalue weighted by molar-refractivity contribution is 0.349. The van der Waals surface area contributed by atoms with Gasteiger partial charge >= 0.3 is 0 Å². The molecular formula is C12H19N5. The van der Waals surface area contributed by atoms with Crippen LogP contribution in [0.2, 0.25) is 0 Å². The summed E-state index contributed by atoms with van der Waals surface area (Å²) in [5, 5.41) is 3.49. The van der Waals surface area contributed by atoms with E-state index in [1.807, 2.05) is 6.07 Å². The first-order valence-corrected chi connectivity index (χ1v) is 5.82. The van der Waals surface area contributed by atoms with Crippen molar-refractivity contribution in [2.24, 2.45) is 0 Å².